The Morgan fingerprint density at radius 3 is 2.61 bits per heavy atom. The van der Waals surface area contributed by atoms with Crippen LogP contribution in [0.15, 0.2) is 18.2 Å². The first-order valence-corrected chi connectivity index (χ1v) is 6.73. The zero-order chi connectivity index (χ0) is 13.1. The second-order valence-corrected chi connectivity index (χ2v) is 5.29. The van der Waals surface area contributed by atoms with E-state index in [0.29, 0.717) is 5.92 Å². The van der Waals surface area contributed by atoms with E-state index in [-0.39, 0.29) is 17.2 Å². The van der Waals surface area contributed by atoms with Crippen LogP contribution in [0.1, 0.15) is 60.9 Å². The molecule has 0 saturated heterocycles. The summed E-state index contributed by atoms with van der Waals surface area (Å²) in [6.07, 6.45) is 6.27. The number of carbonyl (C=O) groups excluding carboxylic acids is 1. The van der Waals surface area contributed by atoms with Gasteiger partial charge in [-0.2, -0.15) is 0 Å². The summed E-state index contributed by atoms with van der Waals surface area (Å²) in [6, 6.07) is 5.28. The molecule has 0 spiro atoms. The molecule has 1 atom stereocenters. The van der Waals surface area contributed by atoms with Gasteiger partial charge in [0.05, 0.1) is 5.56 Å². The van der Waals surface area contributed by atoms with Crippen molar-refractivity contribution in [1.82, 2.24) is 0 Å². The van der Waals surface area contributed by atoms with Gasteiger partial charge >= 0.3 is 0 Å². The number of hydrogen-bond donors (Lipinski definition) is 2. The molecule has 1 fully saturated rings. The third-order valence-electron chi connectivity index (χ3n) is 4.18. The first-order chi connectivity index (χ1) is 8.61. The largest absolute Gasteiger partial charge is 0.507 e. The summed E-state index contributed by atoms with van der Waals surface area (Å²) in [5.74, 6) is 0.394. The monoisotopic (exact) mass is 247 g/mol. The molecule has 0 aliphatic heterocycles. The lowest BCUT2D eigenvalue weighted by Crippen LogP contribution is -2.16. The van der Waals surface area contributed by atoms with Gasteiger partial charge < -0.3 is 10.8 Å². The molecule has 1 amide bonds. The number of primary amides is 1. The molecule has 3 nitrogen and oxygen atoms in total. The summed E-state index contributed by atoms with van der Waals surface area (Å²) in [5, 5.41) is 10.2. The zero-order valence-corrected chi connectivity index (χ0v) is 10.9. The van der Waals surface area contributed by atoms with Crippen molar-refractivity contribution < 1.29 is 9.90 Å². The predicted octanol–water partition coefficient (Wildman–Crippen LogP) is 3.17. The van der Waals surface area contributed by atoms with E-state index in [1.165, 1.54) is 32.1 Å². The molecule has 0 aromatic heterocycles. The van der Waals surface area contributed by atoms with Crippen molar-refractivity contribution in [3.8, 4) is 5.75 Å². The van der Waals surface area contributed by atoms with Crippen molar-refractivity contribution in [2.24, 2.45) is 11.7 Å². The molecule has 1 aliphatic carbocycles. The number of phenols is 1. The van der Waals surface area contributed by atoms with Gasteiger partial charge in [-0.15, -0.1) is 0 Å². The van der Waals surface area contributed by atoms with Crippen molar-refractivity contribution >= 4 is 5.91 Å². The molecule has 0 heterocycles. The molecule has 1 aromatic carbocycles. The second kappa shape index (κ2) is 5.42. The van der Waals surface area contributed by atoms with Crippen LogP contribution in [0.25, 0.3) is 0 Å². The molecular weight excluding hydrogens is 226 g/mol. The molecule has 0 bridgehead atoms. The van der Waals surface area contributed by atoms with Crippen LogP contribution >= 0.6 is 0 Å². The predicted molar refractivity (Wildman–Crippen MR) is 71.6 cm³/mol. The van der Waals surface area contributed by atoms with Gasteiger partial charge in [-0.25, -0.2) is 0 Å². The normalized spacial score (nSPS) is 18.5. The maximum atomic E-state index is 11.2. The summed E-state index contributed by atoms with van der Waals surface area (Å²) in [6.45, 7) is 2.13. The maximum Gasteiger partial charge on any atom is 0.252 e. The van der Waals surface area contributed by atoms with Gasteiger partial charge in [0.2, 0.25) is 0 Å². The number of amides is 1. The van der Waals surface area contributed by atoms with Gasteiger partial charge in [-0.3, -0.25) is 4.79 Å². The SMILES string of the molecule is CC(c1cccc(C(N)=O)c1O)C1CCCCC1. The van der Waals surface area contributed by atoms with Crippen LogP contribution in [0.5, 0.6) is 5.75 Å². The smallest absolute Gasteiger partial charge is 0.252 e. The van der Waals surface area contributed by atoms with Gasteiger partial charge in [-0.05, 0) is 36.3 Å². The van der Waals surface area contributed by atoms with E-state index < -0.39 is 5.91 Å². The van der Waals surface area contributed by atoms with E-state index in [2.05, 4.69) is 6.92 Å². The molecule has 1 unspecified atom stereocenters. The molecule has 18 heavy (non-hydrogen) atoms. The quantitative estimate of drug-likeness (QED) is 0.861. The number of carbonyl (C=O) groups is 1. The van der Waals surface area contributed by atoms with E-state index in [9.17, 15) is 9.90 Å². The summed E-state index contributed by atoms with van der Waals surface area (Å²) in [4.78, 5) is 11.2. The number of hydrogen-bond acceptors (Lipinski definition) is 2. The van der Waals surface area contributed by atoms with Crippen molar-refractivity contribution in [2.45, 2.75) is 44.9 Å². The third kappa shape index (κ3) is 2.50. The van der Waals surface area contributed by atoms with E-state index in [4.69, 9.17) is 5.73 Å². The Bertz CT molecular complexity index is 436. The highest BCUT2D eigenvalue weighted by atomic mass is 16.3. The topological polar surface area (TPSA) is 63.3 Å². The number of aromatic hydroxyl groups is 1. The summed E-state index contributed by atoms with van der Waals surface area (Å²) >= 11 is 0. The molecular formula is C15H21NO2. The number of nitrogens with two attached hydrogens (primary N) is 1. The van der Waals surface area contributed by atoms with E-state index in [1.54, 1.807) is 12.1 Å². The lowest BCUT2D eigenvalue weighted by atomic mass is 9.77. The molecule has 3 heteroatoms. The fourth-order valence-electron chi connectivity index (χ4n) is 3.02. The molecule has 0 radical (unpaired) electrons. The highest BCUT2D eigenvalue weighted by Crippen LogP contribution is 2.39. The average Bonchev–Trinajstić information content (AvgIpc) is 2.39. The second-order valence-electron chi connectivity index (χ2n) is 5.29. The lowest BCUT2D eigenvalue weighted by molar-refractivity contribution is 0.0997. The van der Waals surface area contributed by atoms with Gasteiger partial charge in [0, 0.05) is 0 Å². The van der Waals surface area contributed by atoms with Crippen molar-refractivity contribution in [3.05, 3.63) is 29.3 Å². The van der Waals surface area contributed by atoms with Crippen LogP contribution in [-0.2, 0) is 0 Å². The third-order valence-corrected chi connectivity index (χ3v) is 4.18. The van der Waals surface area contributed by atoms with Crippen molar-refractivity contribution in [1.29, 1.82) is 0 Å². The van der Waals surface area contributed by atoms with Crippen LogP contribution < -0.4 is 5.73 Å². The van der Waals surface area contributed by atoms with Crippen LogP contribution in [0.2, 0.25) is 0 Å². The van der Waals surface area contributed by atoms with E-state index in [0.717, 1.165) is 5.56 Å². The molecule has 98 valence electrons. The first kappa shape index (κ1) is 12.9. The summed E-state index contributed by atoms with van der Waals surface area (Å²) in [7, 11) is 0. The Morgan fingerprint density at radius 2 is 2.00 bits per heavy atom. The average molecular weight is 247 g/mol. The Labute approximate surface area is 108 Å². The minimum atomic E-state index is -0.565. The summed E-state index contributed by atoms with van der Waals surface area (Å²) in [5.41, 5.74) is 6.35. The summed E-state index contributed by atoms with van der Waals surface area (Å²) < 4.78 is 0. The van der Waals surface area contributed by atoms with Crippen LogP contribution in [-0.4, -0.2) is 11.0 Å². The lowest BCUT2D eigenvalue weighted by Gasteiger charge is -2.28. The molecule has 1 saturated carbocycles. The number of benzene rings is 1. The standard InChI is InChI=1S/C15H21NO2/c1-10(11-6-3-2-4-7-11)12-8-5-9-13(14(12)17)15(16)18/h5,8-11,17H,2-4,6-7H2,1H3,(H2,16,18). The molecule has 2 rings (SSSR count). The number of rotatable bonds is 3. The maximum absolute atomic E-state index is 11.2. The van der Waals surface area contributed by atoms with E-state index >= 15 is 0 Å². The minimum Gasteiger partial charge on any atom is -0.507 e. The first-order valence-electron chi connectivity index (χ1n) is 6.73. The van der Waals surface area contributed by atoms with Gasteiger partial charge in [0.1, 0.15) is 5.75 Å². The molecule has 1 aromatic rings. The minimum absolute atomic E-state index is 0.0723. The Kier molecular flexibility index (Phi) is 3.90. The van der Waals surface area contributed by atoms with Gasteiger partial charge in [-0.1, -0.05) is 38.3 Å². The van der Waals surface area contributed by atoms with Crippen molar-refractivity contribution in [3.63, 3.8) is 0 Å². The molecule has 3 N–H and O–H groups in total. The van der Waals surface area contributed by atoms with E-state index in [1.807, 2.05) is 6.07 Å². The highest BCUT2D eigenvalue weighted by molar-refractivity contribution is 5.95. The van der Waals surface area contributed by atoms with Crippen molar-refractivity contribution in [2.75, 3.05) is 0 Å². The zero-order valence-electron chi connectivity index (χ0n) is 10.9. The molecule has 1 aliphatic rings. The number of para-hydroxylation sites is 1. The Hall–Kier alpha value is -1.51. The van der Waals surface area contributed by atoms with Gasteiger partial charge in [0.15, 0.2) is 0 Å². The van der Waals surface area contributed by atoms with Crippen LogP contribution in [0.4, 0.5) is 0 Å². The van der Waals surface area contributed by atoms with Crippen LogP contribution in [0.3, 0.4) is 0 Å². The Morgan fingerprint density at radius 1 is 1.33 bits per heavy atom. The van der Waals surface area contributed by atoms with Crippen LogP contribution in [0, 0.1) is 5.92 Å². The fourth-order valence-corrected chi connectivity index (χ4v) is 3.02. The highest BCUT2D eigenvalue weighted by Gasteiger charge is 2.24. The Balaban J connectivity index is 2.26. The van der Waals surface area contributed by atoms with Gasteiger partial charge in [0.25, 0.3) is 5.91 Å². The fraction of sp³-hybridized carbons (Fsp3) is 0.533.